The summed E-state index contributed by atoms with van der Waals surface area (Å²) in [5.41, 5.74) is 1.30. The molecule has 1 aromatic rings. The molecule has 1 heterocycles. The second-order valence-corrected chi connectivity index (χ2v) is 2.44. The van der Waals surface area contributed by atoms with E-state index in [-0.39, 0.29) is 8.41 Å². The van der Waals surface area contributed by atoms with Crippen LogP contribution in [0.2, 0.25) is 0 Å². The summed E-state index contributed by atoms with van der Waals surface area (Å²) in [6.07, 6.45) is 3.70. The van der Waals surface area contributed by atoms with E-state index >= 15 is 0 Å². The van der Waals surface area contributed by atoms with Crippen LogP contribution in [-0.2, 0) is 0 Å². The van der Waals surface area contributed by atoms with Crippen molar-refractivity contribution in [1.82, 2.24) is 4.98 Å². The first kappa shape index (κ1) is 18.9. The zero-order valence-corrected chi connectivity index (χ0v) is 10.4. The third kappa shape index (κ3) is 9.30. The summed E-state index contributed by atoms with van der Waals surface area (Å²) < 4.78 is 0. The Hall–Kier alpha value is -0.785. The van der Waals surface area contributed by atoms with Crippen LogP contribution in [0.5, 0.6) is 0 Å². The van der Waals surface area contributed by atoms with Crippen LogP contribution in [0.15, 0.2) is 24.5 Å². The minimum absolute atomic E-state index is 0. The van der Waals surface area contributed by atoms with Crippen LogP contribution in [0.3, 0.4) is 0 Å². The first-order valence-electron chi connectivity index (χ1n) is 5.20. The lowest BCUT2D eigenvalue weighted by Crippen LogP contribution is -1.85. The first-order valence-corrected chi connectivity index (χ1v) is 5.20. The smallest absolute Gasteiger partial charge is 0.0302 e. The molecule has 1 nitrogen and oxygen atoms in total. The summed E-state index contributed by atoms with van der Waals surface area (Å²) in [6, 6.07) is 4.06. The molecule has 2 heteroatoms. The van der Waals surface area contributed by atoms with Crippen molar-refractivity contribution in [2.75, 3.05) is 0 Å². The monoisotopic (exact) mass is 192 g/mol. The van der Waals surface area contributed by atoms with Crippen molar-refractivity contribution in [3.05, 3.63) is 30.1 Å². The van der Waals surface area contributed by atoms with E-state index in [4.69, 9.17) is 0 Å². The second kappa shape index (κ2) is 14.7. The van der Waals surface area contributed by atoms with Gasteiger partial charge in [0.05, 0.1) is 0 Å². The second-order valence-electron chi connectivity index (χ2n) is 2.44. The number of pyridine rings is 1. The maximum atomic E-state index is 4.01. The molecule has 0 atom stereocenters. The highest BCUT2D eigenvalue weighted by Gasteiger charge is 1.94. The van der Waals surface area contributed by atoms with Crippen LogP contribution in [-0.4, -0.2) is 13.4 Å². The molecule has 0 bridgehead atoms. The Labute approximate surface area is 91.5 Å². The summed E-state index contributed by atoms with van der Waals surface area (Å²) in [6.45, 7) is 12.3. The van der Waals surface area contributed by atoms with Crippen LogP contribution < -0.4 is 0 Å². The number of nitrogens with zero attached hydrogens (tertiary/aromatic N) is 1. The van der Waals surface area contributed by atoms with E-state index in [1.165, 1.54) is 5.56 Å². The van der Waals surface area contributed by atoms with Gasteiger partial charge in [0.1, 0.15) is 0 Å². The molecular formula is C12H23BN. The molecule has 0 unspecified atom stereocenters. The fraction of sp³-hybridized carbons (Fsp3) is 0.583. The lowest BCUT2D eigenvalue weighted by molar-refractivity contribution is 0.858. The molecule has 3 radical (unpaired) electrons. The van der Waals surface area contributed by atoms with Gasteiger partial charge in [0.15, 0.2) is 0 Å². The molecule has 0 saturated heterocycles. The van der Waals surface area contributed by atoms with Crippen LogP contribution in [0.1, 0.15) is 53.0 Å². The maximum absolute atomic E-state index is 4.01. The van der Waals surface area contributed by atoms with Gasteiger partial charge < -0.3 is 0 Å². The third-order valence-corrected chi connectivity index (χ3v) is 1.35. The number of hydrogen-bond donors (Lipinski definition) is 0. The summed E-state index contributed by atoms with van der Waals surface area (Å²) >= 11 is 0. The molecule has 0 fully saturated rings. The standard InChI is InChI=1S/C8H11N.2C2H6.B/c1-7(2)8-4-3-5-9-6-8;2*1-2;/h3-7H,1-2H3;2*1-2H3;. The van der Waals surface area contributed by atoms with Gasteiger partial charge in [0, 0.05) is 20.8 Å². The van der Waals surface area contributed by atoms with Gasteiger partial charge in [-0.15, -0.1) is 0 Å². The highest BCUT2D eigenvalue weighted by Crippen LogP contribution is 2.10. The van der Waals surface area contributed by atoms with Crippen molar-refractivity contribution >= 4 is 8.41 Å². The summed E-state index contributed by atoms with van der Waals surface area (Å²) in [5, 5.41) is 0. The van der Waals surface area contributed by atoms with Gasteiger partial charge in [0.25, 0.3) is 0 Å². The van der Waals surface area contributed by atoms with E-state index in [1.54, 1.807) is 6.20 Å². The molecule has 0 aliphatic carbocycles. The van der Waals surface area contributed by atoms with Gasteiger partial charge in [-0.3, -0.25) is 4.98 Å². The molecular weight excluding hydrogens is 169 g/mol. The van der Waals surface area contributed by atoms with Crippen molar-refractivity contribution in [1.29, 1.82) is 0 Å². The van der Waals surface area contributed by atoms with Crippen LogP contribution in [0, 0.1) is 0 Å². The van der Waals surface area contributed by atoms with Gasteiger partial charge in [-0.1, -0.05) is 47.6 Å². The fourth-order valence-corrected chi connectivity index (χ4v) is 0.717. The molecule has 0 aromatic carbocycles. The van der Waals surface area contributed by atoms with Gasteiger partial charge in [-0.2, -0.15) is 0 Å². The SMILES string of the molecule is CC.CC.CC(C)c1cccnc1.[B]. The van der Waals surface area contributed by atoms with Gasteiger partial charge in [-0.25, -0.2) is 0 Å². The number of rotatable bonds is 1. The van der Waals surface area contributed by atoms with Crippen LogP contribution in [0.4, 0.5) is 0 Å². The maximum Gasteiger partial charge on any atom is 0.0302 e. The Kier molecular flexibility index (Phi) is 19.9. The molecule has 14 heavy (non-hydrogen) atoms. The van der Waals surface area contributed by atoms with E-state index in [2.05, 4.69) is 24.9 Å². The minimum atomic E-state index is 0. The van der Waals surface area contributed by atoms with Crippen molar-refractivity contribution in [3.8, 4) is 0 Å². The summed E-state index contributed by atoms with van der Waals surface area (Å²) in [5.74, 6) is 0.596. The molecule has 1 rings (SSSR count). The average molecular weight is 192 g/mol. The van der Waals surface area contributed by atoms with E-state index in [0.717, 1.165) is 0 Å². The number of aromatic nitrogens is 1. The lowest BCUT2D eigenvalue weighted by Gasteiger charge is -2.00. The first-order chi connectivity index (χ1) is 6.30. The quantitative estimate of drug-likeness (QED) is 0.615. The molecule has 0 N–H and O–H groups in total. The Morgan fingerprint density at radius 1 is 1.07 bits per heavy atom. The van der Waals surface area contributed by atoms with Crippen molar-refractivity contribution in [3.63, 3.8) is 0 Å². The molecule has 0 saturated carbocycles. The van der Waals surface area contributed by atoms with E-state index in [1.807, 2.05) is 40.0 Å². The molecule has 0 aliphatic heterocycles. The average Bonchev–Trinajstić information content (AvgIpc) is 2.25. The van der Waals surface area contributed by atoms with Gasteiger partial charge >= 0.3 is 0 Å². The highest BCUT2D eigenvalue weighted by molar-refractivity contribution is 5.75. The van der Waals surface area contributed by atoms with E-state index in [0.29, 0.717) is 5.92 Å². The van der Waals surface area contributed by atoms with Crippen molar-refractivity contribution in [2.45, 2.75) is 47.5 Å². The Bertz CT molecular complexity index is 173. The van der Waals surface area contributed by atoms with E-state index in [9.17, 15) is 0 Å². The fourth-order valence-electron chi connectivity index (χ4n) is 0.717. The molecule has 0 spiro atoms. The predicted octanol–water partition coefficient (Wildman–Crippen LogP) is 3.88. The Morgan fingerprint density at radius 3 is 1.79 bits per heavy atom. The minimum Gasteiger partial charge on any atom is -0.264 e. The summed E-state index contributed by atoms with van der Waals surface area (Å²) in [7, 11) is 0. The zero-order valence-electron chi connectivity index (χ0n) is 10.4. The summed E-state index contributed by atoms with van der Waals surface area (Å²) in [4.78, 5) is 4.01. The third-order valence-electron chi connectivity index (χ3n) is 1.35. The molecule has 0 aliphatic rings. The normalized spacial score (nSPS) is 7.36. The molecule has 1 aromatic heterocycles. The predicted molar refractivity (Wildman–Crippen MR) is 66.8 cm³/mol. The van der Waals surface area contributed by atoms with Crippen molar-refractivity contribution in [2.24, 2.45) is 0 Å². The molecule has 0 amide bonds. The Morgan fingerprint density at radius 2 is 1.57 bits per heavy atom. The van der Waals surface area contributed by atoms with Crippen LogP contribution >= 0.6 is 0 Å². The largest absolute Gasteiger partial charge is 0.264 e. The zero-order chi connectivity index (χ0) is 10.7. The van der Waals surface area contributed by atoms with Gasteiger partial charge in [-0.05, 0) is 17.5 Å². The lowest BCUT2D eigenvalue weighted by atomic mass is 10.1. The van der Waals surface area contributed by atoms with Crippen molar-refractivity contribution < 1.29 is 0 Å². The van der Waals surface area contributed by atoms with Crippen LogP contribution in [0.25, 0.3) is 0 Å². The Balaban J connectivity index is -0.000000216. The highest BCUT2D eigenvalue weighted by atomic mass is 14.6. The molecule has 79 valence electrons. The van der Waals surface area contributed by atoms with Gasteiger partial charge in [0.2, 0.25) is 0 Å². The topological polar surface area (TPSA) is 12.9 Å². The number of hydrogen-bond acceptors (Lipinski definition) is 1. The van der Waals surface area contributed by atoms with E-state index < -0.39 is 0 Å².